The first-order valence-corrected chi connectivity index (χ1v) is 9.67. The van der Waals surface area contributed by atoms with Crippen molar-refractivity contribution in [2.45, 2.75) is 36.3 Å². The molecule has 1 atom stereocenters. The van der Waals surface area contributed by atoms with E-state index in [1.54, 1.807) is 0 Å². The second-order valence-corrected chi connectivity index (χ2v) is 7.72. The van der Waals surface area contributed by atoms with Crippen molar-refractivity contribution in [3.63, 3.8) is 0 Å². The van der Waals surface area contributed by atoms with Gasteiger partial charge in [0.05, 0.1) is 5.25 Å². The van der Waals surface area contributed by atoms with Crippen molar-refractivity contribution in [3.8, 4) is 22.6 Å². The summed E-state index contributed by atoms with van der Waals surface area (Å²) in [5.74, 6) is 0.771. The van der Waals surface area contributed by atoms with Crippen LogP contribution in [0.15, 0.2) is 70.3 Å². The number of carbonyl (C=O) groups excluding carboxylic acids is 1. The van der Waals surface area contributed by atoms with E-state index in [4.69, 9.17) is 9.40 Å². The Morgan fingerprint density at radius 2 is 1.69 bits per heavy atom. The quantitative estimate of drug-likeness (QED) is 0.640. The molecule has 26 heavy (non-hydrogen) atoms. The maximum atomic E-state index is 12.2. The predicted molar refractivity (Wildman–Crippen MR) is 104 cm³/mol. The van der Waals surface area contributed by atoms with Crippen molar-refractivity contribution in [1.29, 1.82) is 0 Å². The van der Waals surface area contributed by atoms with Gasteiger partial charge in [0.2, 0.25) is 5.91 Å². The highest BCUT2D eigenvalue weighted by molar-refractivity contribution is 8.00. The largest absolute Gasteiger partial charge is 0.431 e. The van der Waals surface area contributed by atoms with Crippen LogP contribution in [-0.4, -0.2) is 22.2 Å². The molecule has 3 aromatic rings. The lowest BCUT2D eigenvalue weighted by atomic mass is 10.1. The van der Waals surface area contributed by atoms with E-state index in [0.29, 0.717) is 11.3 Å². The number of carbonyl (C=O) groups is 1. The summed E-state index contributed by atoms with van der Waals surface area (Å²) in [5, 5.41) is 3.30. The SMILES string of the molecule is CC(Sc1nc(-c2ccccc2)c(-c2ccccc2)o1)C(=O)NC1CC1. The molecule has 1 fully saturated rings. The second-order valence-electron chi connectivity index (χ2n) is 6.43. The lowest BCUT2D eigenvalue weighted by Crippen LogP contribution is -2.32. The first-order chi connectivity index (χ1) is 12.7. The number of nitrogens with one attached hydrogen (secondary N) is 1. The number of oxazole rings is 1. The third-order valence-corrected chi connectivity index (χ3v) is 5.21. The Morgan fingerprint density at radius 1 is 1.08 bits per heavy atom. The number of hydrogen-bond donors (Lipinski definition) is 1. The molecule has 0 aliphatic heterocycles. The van der Waals surface area contributed by atoms with E-state index in [0.717, 1.165) is 35.4 Å². The van der Waals surface area contributed by atoms with Crippen molar-refractivity contribution < 1.29 is 9.21 Å². The lowest BCUT2D eigenvalue weighted by Gasteiger charge is -2.08. The van der Waals surface area contributed by atoms with E-state index in [1.165, 1.54) is 11.8 Å². The first kappa shape index (κ1) is 16.9. The number of benzene rings is 2. The molecule has 0 spiro atoms. The van der Waals surface area contributed by atoms with Crippen LogP contribution in [0.25, 0.3) is 22.6 Å². The van der Waals surface area contributed by atoms with Crippen molar-refractivity contribution >= 4 is 17.7 Å². The number of amides is 1. The van der Waals surface area contributed by atoms with Crippen LogP contribution in [0.4, 0.5) is 0 Å². The topological polar surface area (TPSA) is 55.1 Å². The van der Waals surface area contributed by atoms with Gasteiger partial charge in [-0.3, -0.25) is 4.79 Å². The van der Waals surface area contributed by atoms with Gasteiger partial charge in [0.25, 0.3) is 5.22 Å². The van der Waals surface area contributed by atoms with E-state index in [-0.39, 0.29) is 11.2 Å². The predicted octanol–water partition coefficient (Wildman–Crippen LogP) is 4.77. The van der Waals surface area contributed by atoms with Gasteiger partial charge in [-0.2, -0.15) is 0 Å². The molecule has 1 aliphatic rings. The number of rotatable bonds is 6. The normalized spacial score (nSPS) is 14.8. The first-order valence-electron chi connectivity index (χ1n) is 8.79. The molecule has 4 nitrogen and oxygen atoms in total. The number of hydrogen-bond acceptors (Lipinski definition) is 4. The average molecular weight is 364 g/mol. The standard InChI is InChI=1S/C21H20N2O2S/c1-14(20(24)22-17-12-13-17)26-21-23-18(15-8-4-2-5-9-15)19(25-21)16-10-6-3-7-11-16/h2-11,14,17H,12-13H2,1H3,(H,22,24). The minimum absolute atomic E-state index is 0.0400. The summed E-state index contributed by atoms with van der Waals surface area (Å²) in [4.78, 5) is 16.9. The molecular weight excluding hydrogens is 344 g/mol. The molecule has 0 radical (unpaired) electrons. The zero-order valence-electron chi connectivity index (χ0n) is 14.5. The van der Waals surface area contributed by atoms with Crippen LogP contribution in [0.5, 0.6) is 0 Å². The highest BCUT2D eigenvalue weighted by Gasteiger charge is 2.27. The van der Waals surface area contributed by atoms with E-state index in [1.807, 2.05) is 67.6 Å². The van der Waals surface area contributed by atoms with Gasteiger partial charge in [0.15, 0.2) is 5.76 Å². The van der Waals surface area contributed by atoms with Gasteiger partial charge in [0.1, 0.15) is 5.69 Å². The van der Waals surface area contributed by atoms with E-state index >= 15 is 0 Å². The molecule has 1 aliphatic carbocycles. The Morgan fingerprint density at radius 3 is 2.31 bits per heavy atom. The third kappa shape index (κ3) is 3.83. The van der Waals surface area contributed by atoms with Gasteiger partial charge in [-0.25, -0.2) is 4.98 Å². The number of thioether (sulfide) groups is 1. The fraction of sp³-hybridized carbons (Fsp3) is 0.238. The van der Waals surface area contributed by atoms with Gasteiger partial charge >= 0.3 is 0 Å². The number of aromatic nitrogens is 1. The Labute approximate surface area is 157 Å². The summed E-state index contributed by atoms with van der Waals surface area (Å²) in [7, 11) is 0. The molecule has 0 bridgehead atoms. The third-order valence-electron chi connectivity index (χ3n) is 4.26. The molecule has 4 rings (SSSR count). The van der Waals surface area contributed by atoms with Crippen LogP contribution >= 0.6 is 11.8 Å². The smallest absolute Gasteiger partial charge is 0.257 e. The molecule has 5 heteroatoms. The fourth-order valence-electron chi connectivity index (χ4n) is 2.68. The van der Waals surface area contributed by atoms with Crippen LogP contribution in [0.3, 0.4) is 0 Å². The summed E-state index contributed by atoms with van der Waals surface area (Å²) < 4.78 is 6.07. The zero-order valence-corrected chi connectivity index (χ0v) is 15.3. The molecule has 132 valence electrons. The van der Waals surface area contributed by atoms with Crippen molar-refractivity contribution in [2.24, 2.45) is 0 Å². The van der Waals surface area contributed by atoms with Crippen LogP contribution in [0.2, 0.25) is 0 Å². The Hall–Kier alpha value is -2.53. The molecule has 1 unspecified atom stereocenters. The van der Waals surface area contributed by atoms with E-state index in [2.05, 4.69) is 5.32 Å². The number of nitrogens with zero attached hydrogens (tertiary/aromatic N) is 1. The highest BCUT2D eigenvalue weighted by atomic mass is 32.2. The lowest BCUT2D eigenvalue weighted by molar-refractivity contribution is -0.120. The van der Waals surface area contributed by atoms with Gasteiger partial charge in [-0.1, -0.05) is 72.4 Å². The molecule has 1 aromatic heterocycles. The molecule has 1 heterocycles. The monoisotopic (exact) mass is 364 g/mol. The summed E-state index contributed by atoms with van der Waals surface area (Å²) in [6.45, 7) is 1.89. The Kier molecular flexibility index (Phi) is 4.80. The minimum atomic E-state index is -0.249. The molecule has 1 amide bonds. The van der Waals surface area contributed by atoms with Crippen molar-refractivity contribution in [2.75, 3.05) is 0 Å². The van der Waals surface area contributed by atoms with Crippen LogP contribution in [0.1, 0.15) is 19.8 Å². The highest BCUT2D eigenvalue weighted by Crippen LogP contribution is 2.36. The maximum absolute atomic E-state index is 12.2. The summed E-state index contributed by atoms with van der Waals surface area (Å²) in [5.41, 5.74) is 2.77. The van der Waals surface area contributed by atoms with Crippen LogP contribution < -0.4 is 5.32 Å². The molecule has 1 saturated carbocycles. The molecular formula is C21H20N2O2S. The van der Waals surface area contributed by atoms with Gasteiger partial charge in [-0.05, 0) is 19.8 Å². The van der Waals surface area contributed by atoms with Gasteiger partial charge in [-0.15, -0.1) is 0 Å². The second kappa shape index (κ2) is 7.38. The van der Waals surface area contributed by atoms with Gasteiger partial charge in [0, 0.05) is 17.2 Å². The van der Waals surface area contributed by atoms with E-state index in [9.17, 15) is 4.79 Å². The summed E-state index contributed by atoms with van der Waals surface area (Å²) >= 11 is 1.36. The summed E-state index contributed by atoms with van der Waals surface area (Å²) in [6.07, 6.45) is 2.16. The van der Waals surface area contributed by atoms with E-state index < -0.39 is 0 Å². The van der Waals surface area contributed by atoms with Crippen LogP contribution in [0, 0.1) is 0 Å². The zero-order chi connectivity index (χ0) is 17.9. The molecule has 0 saturated heterocycles. The summed E-state index contributed by atoms with van der Waals surface area (Å²) in [6, 6.07) is 20.3. The minimum Gasteiger partial charge on any atom is -0.431 e. The average Bonchev–Trinajstić information content (AvgIpc) is 3.39. The van der Waals surface area contributed by atoms with Crippen molar-refractivity contribution in [3.05, 3.63) is 60.7 Å². The molecule has 2 aromatic carbocycles. The fourth-order valence-corrected chi connectivity index (χ4v) is 3.43. The Balaban J connectivity index is 1.63. The van der Waals surface area contributed by atoms with Crippen LogP contribution in [-0.2, 0) is 4.79 Å². The van der Waals surface area contributed by atoms with Gasteiger partial charge < -0.3 is 9.73 Å². The van der Waals surface area contributed by atoms with Crippen molar-refractivity contribution in [1.82, 2.24) is 10.3 Å². The maximum Gasteiger partial charge on any atom is 0.257 e. The molecule has 1 N–H and O–H groups in total. The Bertz CT molecular complexity index is 832.